The first-order valence-corrected chi connectivity index (χ1v) is 9.58. The van der Waals surface area contributed by atoms with Gasteiger partial charge in [-0.25, -0.2) is 0 Å². The Morgan fingerprint density at radius 3 is 2.64 bits per heavy atom. The molecule has 2 aromatic rings. The van der Waals surface area contributed by atoms with Crippen LogP contribution in [0.2, 0.25) is 0 Å². The summed E-state index contributed by atoms with van der Waals surface area (Å²) in [6.07, 6.45) is 4.31. The van der Waals surface area contributed by atoms with Crippen LogP contribution in [-0.2, 0) is 21.5 Å². The average molecular weight is 357 g/mol. The van der Waals surface area contributed by atoms with Gasteiger partial charge in [-0.3, -0.25) is 9.59 Å². The Morgan fingerprint density at radius 1 is 1.20 bits per heavy atom. The normalized spacial score (nSPS) is 19.5. The van der Waals surface area contributed by atoms with Crippen LogP contribution in [0.3, 0.4) is 0 Å². The molecule has 0 bridgehead atoms. The van der Waals surface area contributed by atoms with Crippen LogP contribution in [0.4, 0.5) is 0 Å². The molecule has 0 fully saturated rings. The van der Waals surface area contributed by atoms with Crippen molar-refractivity contribution in [3.8, 4) is 0 Å². The van der Waals surface area contributed by atoms with Gasteiger partial charge in [0.2, 0.25) is 0 Å². The lowest BCUT2D eigenvalue weighted by Gasteiger charge is -2.30. The molecule has 0 N–H and O–H groups in total. The third-order valence-electron chi connectivity index (χ3n) is 4.46. The molecule has 4 nitrogen and oxygen atoms in total. The number of benzene rings is 1. The van der Waals surface area contributed by atoms with Gasteiger partial charge in [-0.1, -0.05) is 12.1 Å². The fourth-order valence-electron chi connectivity index (χ4n) is 3.32. The van der Waals surface area contributed by atoms with Gasteiger partial charge in [0.15, 0.2) is 11.2 Å². The molecule has 1 unspecified atom stereocenters. The topological polar surface area (TPSA) is 48.3 Å². The third kappa shape index (κ3) is 3.13. The summed E-state index contributed by atoms with van der Waals surface area (Å²) in [5.41, 5.74) is -0.645. The number of ketones is 1. The molecule has 0 radical (unpaired) electrons. The van der Waals surface area contributed by atoms with Gasteiger partial charge in [-0.05, 0) is 57.7 Å². The first kappa shape index (κ1) is 17.8. The molecule has 2 heterocycles. The van der Waals surface area contributed by atoms with E-state index in [1.54, 1.807) is 17.8 Å². The van der Waals surface area contributed by atoms with Gasteiger partial charge in [0.1, 0.15) is 5.60 Å². The van der Waals surface area contributed by atoms with Crippen LogP contribution in [-0.4, -0.2) is 28.2 Å². The van der Waals surface area contributed by atoms with Crippen molar-refractivity contribution in [2.45, 2.75) is 49.6 Å². The summed E-state index contributed by atoms with van der Waals surface area (Å²) >= 11 is 1.57. The van der Waals surface area contributed by atoms with Crippen LogP contribution in [0.25, 0.3) is 0 Å². The number of Topliss-reactive ketones (excluding diaryl/α,β-unsaturated/α-hetero) is 1. The van der Waals surface area contributed by atoms with Gasteiger partial charge in [-0.15, -0.1) is 11.8 Å². The maximum atomic E-state index is 13.5. The van der Waals surface area contributed by atoms with Crippen molar-refractivity contribution in [1.82, 2.24) is 4.57 Å². The summed E-state index contributed by atoms with van der Waals surface area (Å²) < 4.78 is 7.64. The number of hydrogen-bond acceptors (Lipinski definition) is 4. The van der Waals surface area contributed by atoms with E-state index in [-0.39, 0.29) is 5.78 Å². The Kier molecular flexibility index (Phi) is 4.54. The molecule has 1 aromatic heterocycles. The van der Waals surface area contributed by atoms with E-state index in [4.69, 9.17) is 4.74 Å². The number of hydrogen-bond donors (Lipinski definition) is 0. The first-order chi connectivity index (χ1) is 11.8. The largest absolute Gasteiger partial charge is 0.459 e. The molecule has 0 aliphatic carbocycles. The molecule has 3 rings (SSSR count). The fourth-order valence-corrected chi connectivity index (χ4v) is 3.78. The highest BCUT2D eigenvalue weighted by Crippen LogP contribution is 2.40. The summed E-state index contributed by atoms with van der Waals surface area (Å²) in [6.45, 7) is 6.11. The summed E-state index contributed by atoms with van der Waals surface area (Å²) in [6, 6.07) is 11.2. The average Bonchev–Trinajstić information content (AvgIpc) is 3.15. The van der Waals surface area contributed by atoms with Crippen LogP contribution in [0.15, 0.2) is 47.5 Å². The highest BCUT2D eigenvalue weighted by molar-refractivity contribution is 7.98. The summed E-state index contributed by atoms with van der Waals surface area (Å²) in [4.78, 5) is 27.7. The van der Waals surface area contributed by atoms with E-state index in [9.17, 15) is 9.59 Å². The molecule has 132 valence electrons. The SMILES string of the molecule is CSc1cccc(C(=O)C2(C(=O)OC(C)(C)C)CCn3cccc32)c1. The van der Waals surface area contributed by atoms with Crippen LogP contribution >= 0.6 is 11.8 Å². The van der Waals surface area contributed by atoms with Crippen LogP contribution in [0.1, 0.15) is 43.2 Å². The van der Waals surface area contributed by atoms with Gasteiger partial charge in [0, 0.05) is 28.9 Å². The maximum absolute atomic E-state index is 13.5. The number of thioether (sulfide) groups is 1. The maximum Gasteiger partial charge on any atom is 0.326 e. The quantitative estimate of drug-likeness (QED) is 0.358. The van der Waals surface area contributed by atoms with Crippen LogP contribution in [0, 0.1) is 0 Å². The molecule has 1 aromatic carbocycles. The summed E-state index contributed by atoms with van der Waals surface area (Å²) in [5, 5.41) is 0. The second kappa shape index (κ2) is 6.37. The van der Waals surface area contributed by atoms with E-state index < -0.39 is 17.0 Å². The number of aromatic nitrogens is 1. The second-order valence-corrected chi connectivity index (χ2v) is 8.18. The number of esters is 1. The molecular formula is C20H23NO3S. The lowest BCUT2D eigenvalue weighted by atomic mass is 9.76. The van der Waals surface area contributed by atoms with Gasteiger partial charge in [0.05, 0.1) is 0 Å². The van der Waals surface area contributed by atoms with Gasteiger partial charge < -0.3 is 9.30 Å². The molecule has 0 saturated heterocycles. The molecular weight excluding hydrogens is 334 g/mol. The third-order valence-corrected chi connectivity index (χ3v) is 5.19. The predicted molar refractivity (Wildman–Crippen MR) is 99.1 cm³/mol. The Morgan fingerprint density at radius 2 is 1.96 bits per heavy atom. The molecule has 1 aliphatic heterocycles. The zero-order valence-corrected chi connectivity index (χ0v) is 15.9. The van der Waals surface area contributed by atoms with Crippen molar-refractivity contribution >= 4 is 23.5 Å². The summed E-state index contributed by atoms with van der Waals surface area (Å²) in [5.74, 6) is -0.646. The number of carbonyl (C=O) groups excluding carboxylic acids is 2. The van der Waals surface area contributed by atoms with Gasteiger partial charge in [-0.2, -0.15) is 0 Å². The number of aryl methyl sites for hydroxylation is 1. The van der Waals surface area contributed by atoms with Crippen LogP contribution in [0.5, 0.6) is 0 Å². The van der Waals surface area contributed by atoms with E-state index in [1.165, 1.54) is 0 Å². The van der Waals surface area contributed by atoms with Crippen molar-refractivity contribution in [3.63, 3.8) is 0 Å². The van der Waals surface area contributed by atoms with E-state index in [2.05, 4.69) is 0 Å². The standard InChI is InChI=1S/C20H23NO3S/c1-19(2,3)24-18(23)20(10-12-21-11-6-9-16(20)21)17(22)14-7-5-8-15(13-14)25-4/h5-9,11,13H,10,12H2,1-4H3. The van der Waals surface area contributed by atoms with Crippen molar-refractivity contribution in [3.05, 3.63) is 53.9 Å². The number of rotatable bonds is 4. The smallest absolute Gasteiger partial charge is 0.326 e. The first-order valence-electron chi connectivity index (χ1n) is 8.36. The van der Waals surface area contributed by atoms with E-state index in [0.29, 0.717) is 18.5 Å². The number of carbonyl (C=O) groups is 2. The molecule has 25 heavy (non-hydrogen) atoms. The Hall–Kier alpha value is -2.01. The fraction of sp³-hybridized carbons (Fsp3) is 0.400. The summed E-state index contributed by atoms with van der Waals surface area (Å²) in [7, 11) is 0. The molecule has 1 aliphatic rings. The van der Waals surface area contributed by atoms with E-state index in [0.717, 1.165) is 10.6 Å². The second-order valence-electron chi connectivity index (χ2n) is 7.31. The lowest BCUT2D eigenvalue weighted by Crippen LogP contribution is -2.46. The molecule has 0 saturated carbocycles. The lowest BCUT2D eigenvalue weighted by molar-refractivity contribution is -0.160. The van der Waals surface area contributed by atoms with Crippen LogP contribution < -0.4 is 0 Å². The Balaban J connectivity index is 2.09. The van der Waals surface area contributed by atoms with Crippen molar-refractivity contribution in [2.75, 3.05) is 6.26 Å². The Bertz CT molecular complexity index is 818. The zero-order valence-electron chi connectivity index (χ0n) is 15.0. The number of fused-ring (bicyclic) bond motifs is 1. The molecule has 0 spiro atoms. The molecule has 0 amide bonds. The number of ether oxygens (including phenoxy) is 1. The zero-order chi connectivity index (χ0) is 18.2. The van der Waals surface area contributed by atoms with E-state index in [1.807, 2.05) is 68.1 Å². The van der Waals surface area contributed by atoms with Gasteiger partial charge >= 0.3 is 5.97 Å². The molecule has 1 atom stereocenters. The van der Waals surface area contributed by atoms with Crippen molar-refractivity contribution in [1.29, 1.82) is 0 Å². The minimum atomic E-state index is -1.27. The Labute approximate surface area is 152 Å². The minimum absolute atomic E-state index is 0.185. The number of nitrogens with zero attached hydrogens (tertiary/aromatic N) is 1. The monoisotopic (exact) mass is 357 g/mol. The van der Waals surface area contributed by atoms with Crippen molar-refractivity contribution < 1.29 is 14.3 Å². The highest BCUT2D eigenvalue weighted by Gasteiger charge is 2.54. The van der Waals surface area contributed by atoms with Gasteiger partial charge in [0.25, 0.3) is 0 Å². The predicted octanol–water partition coefficient (Wildman–Crippen LogP) is 4.08. The molecule has 5 heteroatoms. The van der Waals surface area contributed by atoms with E-state index >= 15 is 0 Å². The van der Waals surface area contributed by atoms with Crippen molar-refractivity contribution in [2.24, 2.45) is 0 Å². The highest BCUT2D eigenvalue weighted by atomic mass is 32.2. The minimum Gasteiger partial charge on any atom is -0.459 e.